The number of hydrogen-bond acceptors (Lipinski definition) is 5. The van der Waals surface area contributed by atoms with Crippen molar-refractivity contribution in [3.05, 3.63) is 23.8 Å². The maximum Gasteiger partial charge on any atom is 0.237 e. The molecule has 1 saturated heterocycles. The summed E-state index contributed by atoms with van der Waals surface area (Å²) in [6, 6.07) is 5.14. The zero-order chi connectivity index (χ0) is 19.1. The van der Waals surface area contributed by atoms with Crippen molar-refractivity contribution in [2.75, 3.05) is 33.9 Å². The molecular weight excluding hydrogens is 334 g/mol. The number of carbonyl (C=O) groups is 2. The summed E-state index contributed by atoms with van der Waals surface area (Å²) in [5.74, 6) is 1.58. The number of ether oxygens (including phenoxy) is 2. The molecule has 2 amide bonds. The zero-order valence-electron chi connectivity index (χ0n) is 16.0. The number of nitrogens with zero attached hydrogens (tertiary/aromatic N) is 1. The summed E-state index contributed by atoms with van der Waals surface area (Å²) < 4.78 is 10.7. The lowest BCUT2D eigenvalue weighted by Gasteiger charge is -2.35. The number of benzene rings is 1. The summed E-state index contributed by atoms with van der Waals surface area (Å²) in [5, 5.41) is 5.74. The van der Waals surface area contributed by atoms with Gasteiger partial charge < -0.3 is 20.1 Å². The molecule has 0 aromatic heterocycles. The molecule has 2 N–H and O–H groups in total. The molecule has 1 aliphatic rings. The molecule has 26 heavy (non-hydrogen) atoms. The smallest absolute Gasteiger partial charge is 0.237 e. The minimum atomic E-state index is -0.484. The first-order valence-corrected chi connectivity index (χ1v) is 8.94. The van der Waals surface area contributed by atoms with Crippen LogP contribution in [0.4, 0.5) is 0 Å². The number of rotatable bonds is 8. The normalized spacial score (nSPS) is 17.7. The molecular formula is C19H29N3O4. The second-order valence-corrected chi connectivity index (χ2v) is 6.86. The first-order valence-electron chi connectivity index (χ1n) is 8.94. The topological polar surface area (TPSA) is 79.9 Å². The Hall–Kier alpha value is -2.28. The lowest BCUT2D eigenvalue weighted by molar-refractivity contribution is -0.134. The second-order valence-electron chi connectivity index (χ2n) is 6.86. The third kappa shape index (κ3) is 5.36. The van der Waals surface area contributed by atoms with Crippen LogP contribution < -0.4 is 20.1 Å². The Morgan fingerprint density at radius 1 is 1.35 bits per heavy atom. The SMILES string of the molecule is COc1ccc(CN2CCNC(=O)[C@@H]2CC(=O)NCC(C)C)c(OC)c1. The molecule has 0 saturated carbocycles. The molecule has 0 spiro atoms. The predicted octanol–water partition coefficient (Wildman–Crippen LogP) is 1.17. The van der Waals surface area contributed by atoms with Gasteiger partial charge in [0.15, 0.2) is 0 Å². The molecule has 0 aliphatic carbocycles. The standard InChI is InChI=1S/C19H29N3O4/c1-13(2)11-21-18(23)10-16-19(24)20-7-8-22(16)12-14-5-6-15(25-3)9-17(14)26-4/h5-6,9,13,16H,7-8,10-12H2,1-4H3,(H,20,24)(H,21,23)/t16-/m0/s1. The van der Waals surface area contributed by atoms with Crippen molar-refractivity contribution >= 4 is 11.8 Å². The number of amides is 2. The summed E-state index contributed by atoms with van der Waals surface area (Å²) in [5.41, 5.74) is 0.954. The van der Waals surface area contributed by atoms with E-state index in [1.54, 1.807) is 14.2 Å². The van der Waals surface area contributed by atoms with E-state index >= 15 is 0 Å². The lowest BCUT2D eigenvalue weighted by Crippen LogP contribution is -2.56. The Morgan fingerprint density at radius 2 is 2.12 bits per heavy atom. The van der Waals surface area contributed by atoms with Crippen molar-refractivity contribution in [3.63, 3.8) is 0 Å². The molecule has 0 bridgehead atoms. The number of methoxy groups -OCH3 is 2. The summed E-state index contributed by atoms with van der Waals surface area (Å²) >= 11 is 0. The van der Waals surface area contributed by atoms with Crippen molar-refractivity contribution in [1.82, 2.24) is 15.5 Å². The average Bonchev–Trinajstić information content (AvgIpc) is 2.63. The van der Waals surface area contributed by atoms with E-state index in [1.165, 1.54) is 0 Å². The first kappa shape index (κ1) is 20.0. The van der Waals surface area contributed by atoms with Gasteiger partial charge in [-0.2, -0.15) is 0 Å². The van der Waals surface area contributed by atoms with Crippen LogP contribution in [0.15, 0.2) is 18.2 Å². The van der Waals surface area contributed by atoms with Crippen molar-refractivity contribution < 1.29 is 19.1 Å². The van der Waals surface area contributed by atoms with Crippen LogP contribution in [0.3, 0.4) is 0 Å². The highest BCUT2D eigenvalue weighted by atomic mass is 16.5. The van der Waals surface area contributed by atoms with Gasteiger partial charge in [-0.1, -0.05) is 19.9 Å². The van der Waals surface area contributed by atoms with Crippen molar-refractivity contribution in [3.8, 4) is 11.5 Å². The van der Waals surface area contributed by atoms with Crippen molar-refractivity contribution in [1.29, 1.82) is 0 Å². The zero-order valence-corrected chi connectivity index (χ0v) is 16.0. The number of piperazine rings is 1. The highest BCUT2D eigenvalue weighted by Gasteiger charge is 2.32. The van der Waals surface area contributed by atoms with E-state index in [9.17, 15) is 9.59 Å². The summed E-state index contributed by atoms with van der Waals surface area (Å²) in [7, 11) is 3.22. The van der Waals surface area contributed by atoms with Gasteiger partial charge in [0.05, 0.1) is 26.7 Å². The van der Waals surface area contributed by atoms with E-state index in [1.807, 2.05) is 36.9 Å². The third-order valence-electron chi connectivity index (χ3n) is 4.40. The molecule has 7 heteroatoms. The Morgan fingerprint density at radius 3 is 2.77 bits per heavy atom. The minimum absolute atomic E-state index is 0.104. The minimum Gasteiger partial charge on any atom is -0.497 e. The van der Waals surface area contributed by atoms with Crippen LogP contribution >= 0.6 is 0 Å². The largest absolute Gasteiger partial charge is 0.497 e. The van der Waals surface area contributed by atoms with Crippen LogP contribution in [0.25, 0.3) is 0 Å². The van der Waals surface area contributed by atoms with Crippen molar-refractivity contribution in [2.24, 2.45) is 5.92 Å². The Labute approximate surface area is 155 Å². The van der Waals surface area contributed by atoms with Crippen molar-refractivity contribution in [2.45, 2.75) is 32.9 Å². The fourth-order valence-electron chi connectivity index (χ4n) is 2.94. The molecule has 0 radical (unpaired) electrons. The monoisotopic (exact) mass is 363 g/mol. The van der Waals surface area contributed by atoms with Crippen LogP contribution in [0.1, 0.15) is 25.8 Å². The van der Waals surface area contributed by atoms with Gasteiger partial charge in [0, 0.05) is 37.8 Å². The molecule has 1 aliphatic heterocycles. The van der Waals surface area contributed by atoms with E-state index in [2.05, 4.69) is 10.6 Å². The molecule has 144 valence electrons. The van der Waals surface area contributed by atoms with Gasteiger partial charge in [0.25, 0.3) is 0 Å². The van der Waals surface area contributed by atoms with Gasteiger partial charge in [-0.25, -0.2) is 0 Å². The van der Waals surface area contributed by atoms with E-state index < -0.39 is 6.04 Å². The first-order chi connectivity index (χ1) is 12.4. The molecule has 1 aromatic carbocycles. The van der Waals surface area contributed by atoms with E-state index in [0.29, 0.717) is 43.6 Å². The van der Waals surface area contributed by atoms with E-state index in [-0.39, 0.29) is 18.2 Å². The number of hydrogen-bond donors (Lipinski definition) is 2. The Balaban J connectivity index is 2.10. The summed E-state index contributed by atoms with van der Waals surface area (Å²) in [6.07, 6.45) is 0.150. The van der Waals surface area contributed by atoms with Gasteiger partial charge >= 0.3 is 0 Å². The molecule has 2 rings (SSSR count). The Kier molecular flexibility index (Phi) is 7.26. The van der Waals surface area contributed by atoms with Gasteiger partial charge in [0.2, 0.25) is 11.8 Å². The molecule has 1 fully saturated rings. The highest BCUT2D eigenvalue weighted by Crippen LogP contribution is 2.27. The fraction of sp³-hybridized carbons (Fsp3) is 0.579. The fourth-order valence-corrected chi connectivity index (χ4v) is 2.94. The van der Waals surface area contributed by atoms with Crippen LogP contribution in [0.5, 0.6) is 11.5 Å². The molecule has 1 aromatic rings. The van der Waals surface area contributed by atoms with Gasteiger partial charge in [-0.3, -0.25) is 14.5 Å². The number of carbonyl (C=O) groups excluding carboxylic acids is 2. The molecule has 0 unspecified atom stereocenters. The van der Waals surface area contributed by atoms with E-state index in [0.717, 1.165) is 5.56 Å². The summed E-state index contributed by atoms with van der Waals surface area (Å²) in [6.45, 7) is 6.47. The Bertz CT molecular complexity index is 633. The second kappa shape index (κ2) is 9.43. The maximum absolute atomic E-state index is 12.3. The maximum atomic E-state index is 12.3. The molecule has 1 heterocycles. The van der Waals surface area contributed by atoms with Crippen LogP contribution in [-0.2, 0) is 16.1 Å². The highest BCUT2D eigenvalue weighted by molar-refractivity contribution is 5.88. The molecule has 7 nitrogen and oxygen atoms in total. The van der Waals surface area contributed by atoms with Gasteiger partial charge in [-0.15, -0.1) is 0 Å². The van der Waals surface area contributed by atoms with Crippen LogP contribution in [-0.4, -0.2) is 56.6 Å². The average molecular weight is 363 g/mol. The number of nitrogens with one attached hydrogen (secondary N) is 2. The van der Waals surface area contributed by atoms with Gasteiger partial charge in [0.1, 0.15) is 11.5 Å². The van der Waals surface area contributed by atoms with Crippen LogP contribution in [0.2, 0.25) is 0 Å². The van der Waals surface area contributed by atoms with Crippen LogP contribution in [0, 0.1) is 5.92 Å². The third-order valence-corrected chi connectivity index (χ3v) is 4.40. The quantitative estimate of drug-likeness (QED) is 0.725. The lowest BCUT2D eigenvalue weighted by atomic mass is 10.1. The molecule has 1 atom stereocenters. The van der Waals surface area contributed by atoms with E-state index in [4.69, 9.17) is 9.47 Å². The van der Waals surface area contributed by atoms with Gasteiger partial charge in [-0.05, 0) is 12.0 Å². The summed E-state index contributed by atoms with van der Waals surface area (Å²) in [4.78, 5) is 26.6. The predicted molar refractivity (Wildman–Crippen MR) is 99.2 cm³/mol.